The van der Waals surface area contributed by atoms with Gasteiger partial charge in [-0.25, -0.2) is 14.2 Å². The van der Waals surface area contributed by atoms with Crippen LogP contribution in [0.4, 0.5) is 0 Å². The predicted molar refractivity (Wildman–Crippen MR) is 105 cm³/mol. The predicted octanol–water partition coefficient (Wildman–Crippen LogP) is 1.30. The van der Waals surface area contributed by atoms with Crippen LogP contribution < -0.4 is 5.69 Å². The lowest BCUT2D eigenvalue weighted by Crippen LogP contribution is -2.35. The monoisotopic (exact) mass is 384 g/mol. The van der Waals surface area contributed by atoms with Crippen molar-refractivity contribution in [1.29, 1.82) is 0 Å². The number of piperidine rings is 1. The Kier molecular flexibility index (Phi) is 4.92. The number of hydrogen-bond donors (Lipinski definition) is 0. The van der Waals surface area contributed by atoms with Gasteiger partial charge in [0.15, 0.2) is 0 Å². The molecule has 0 saturated carbocycles. The van der Waals surface area contributed by atoms with Gasteiger partial charge in [0.25, 0.3) is 0 Å². The second-order valence-corrected chi connectivity index (χ2v) is 7.63. The third kappa shape index (κ3) is 3.19. The standard InChI is InChI=1S/C19H28N8O/c1-5-26-18(22-23(4)19(26)28)16-7-6-8-24(10-16)11-17-9-14(2)27(15(17)3)25-12-20-21-13-25/h9,12-13,16H,5-8,10-11H2,1-4H3/t16-/m0/s1. The average Bonchev–Trinajstić information content (AvgIpc) is 3.36. The zero-order valence-electron chi connectivity index (χ0n) is 17.0. The number of aromatic nitrogens is 7. The molecule has 0 bridgehead atoms. The van der Waals surface area contributed by atoms with Gasteiger partial charge in [0, 0.05) is 44.0 Å². The van der Waals surface area contributed by atoms with Gasteiger partial charge in [-0.3, -0.25) is 14.1 Å². The lowest BCUT2D eigenvalue weighted by molar-refractivity contribution is 0.194. The molecule has 9 nitrogen and oxygen atoms in total. The molecule has 1 atom stereocenters. The molecule has 0 radical (unpaired) electrons. The zero-order valence-corrected chi connectivity index (χ0v) is 17.0. The Labute approximate surface area is 164 Å². The summed E-state index contributed by atoms with van der Waals surface area (Å²) in [5.41, 5.74) is 3.64. The van der Waals surface area contributed by atoms with Gasteiger partial charge in [0.05, 0.1) is 0 Å². The molecule has 3 aromatic rings. The van der Waals surface area contributed by atoms with Crippen LogP contribution in [-0.4, -0.2) is 51.9 Å². The molecule has 9 heteroatoms. The van der Waals surface area contributed by atoms with E-state index in [0.717, 1.165) is 44.0 Å². The lowest BCUT2D eigenvalue weighted by Gasteiger charge is -2.32. The highest BCUT2D eigenvalue weighted by atomic mass is 16.2. The molecule has 0 aromatic carbocycles. The molecular formula is C19H28N8O. The van der Waals surface area contributed by atoms with Crippen LogP contribution in [0.1, 0.15) is 48.5 Å². The first-order valence-corrected chi connectivity index (χ1v) is 9.88. The molecule has 3 aromatic heterocycles. The molecule has 0 N–H and O–H groups in total. The smallest absolute Gasteiger partial charge is 0.298 e. The van der Waals surface area contributed by atoms with Gasteiger partial charge in [-0.05, 0) is 51.8 Å². The van der Waals surface area contributed by atoms with Crippen LogP contribution in [0.25, 0.3) is 0 Å². The van der Waals surface area contributed by atoms with E-state index in [9.17, 15) is 4.79 Å². The Balaban J connectivity index is 1.55. The normalized spacial score (nSPS) is 18.1. The highest BCUT2D eigenvalue weighted by molar-refractivity contribution is 5.27. The van der Waals surface area contributed by atoms with Gasteiger partial charge in [-0.15, -0.1) is 10.2 Å². The first kappa shape index (κ1) is 18.7. The van der Waals surface area contributed by atoms with Crippen LogP contribution in [-0.2, 0) is 20.1 Å². The largest absolute Gasteiger partial charge is 0.345 e. The van der Waals surface area contributed by atoms with Crippen LogP contribution in [0.2, 0.25) is 0 Å². The number of aryl methyl sites for hydroxylation is 2. The second-order valence-electron chi connectivity index (χ2n) is 7.63. The van der Waals surface area contributed by atoms with Crippen molar-refractivity contribution >= 4 is 0 Å². The molecule has 1 aliphatic heterocycles. The molecule has 4 heterocycles. The van der Waals surface area contributed by atoms with E-state index in [1.807, 2.05) is 16.2 Å². The minimum Gasteiger partial charge on any atom is -0.298 e. The fourth-order valence-corrected chi connectivity index (χ4v) is 4.41. The van der Waals surface area contributed by atoms with Crippen molar-refractivity contribution in [3.05, 3.63) is 52.0 Å². The van der Waals surface area contributed by atoms with Crippen molar-refractivity contribution in [1.82, 2.24) is 38.8 Å². The van der Waals surface area contributed by atoms with Crippen LogP contribution >= 0.6 is 0 Å². The van der Waals surface area contributed by atoms with E-state index in [-0.39, 0.29) is 5.69 Å². The number of nitrogens with zero attached hydrogens (tertiary/aromatic N) is 8. The van der Waals surface area contributed by atoms with Crippen LogP contribution in [0.5, 0.6) is 0 Å². The molecule has 0 spiro atoms. The number of likely N-dealkylation sites (tertiary alicyclic amines) is 1. The van der Waals surface area contributed by atoms with Crippen molar-refractivity contribution < 1.29 is 0 Å². The summed E-state index contributed by atoms with van der Waals surface area (Å²) in [4.78, 5) is 14.7. The molecule has 0 aliphatic carbocycles. The maximum Gasteiger partial charge on any atom is 0.345 e. The lowest BCUT2D eigenvalue weighted by atomic mass is 9.96. The van der Waals surface area contributed by atoms with Crippen molar-refractivity contribution in [2.24, 2.45) is 7.05 Å². The number of hydrogen-bond acceptors (Lipinski definition) is 5. The van der Waals surface area contributed by atoms with Gasteiger partial charge in [-0.1, -0.05) is 0 Å². The molecule has 0 unspecified atom stereocenters. The van der Waals surface area contributed by atoms with Crippen molar-refractivity contribution in [3.63, 3.8) is 0 Å². The zero-order chi connectivity index (χ0) is 19.8. The Hall–Kier alpha value is -2.68. The molecule has 1 saturated heterocycles. The summed E-state index contributed by atoms with van der Waals surface area (Å²) < 4.78 is 7.31. The minimum atomic E-state index is -0.0212. The Morgan fingerprint density at radius 3 is 2.68 bits per heavy atom. The summed E-state index contributed by atoms with van der Waals surface area (Å²) in [6, 6.07) is 2.24. The molecule has 4 rings (SSSR count). The maximum atomic E-state index is 12.3. The van der Waals surface area contributed by atoms with E-state index in [4.69, 9.17) is 0 Å². The van der Waals surface area contributed by atoms with Gasteiger partial charge >= 0.3 is 5.69 Å². The van der Waals surface area contributed by atoms with Gasteiger partial charge in [0.2, 0.25) is 0 Å². The van der Waals surface area contributed by atoms with Gasteiger partial charge in [-0.2, -0.15) is 5.10 Å². The van der Waals surface area contributed by atoms with E-state index < -0.39 is 0 Å². The second kappa shape index (κ2) is 7.38. The van der Waals surface area contributed by atoms with Crippen molar-refractivity contribution in [2.45, 2.75) is 52.6 Å². The molecule has 28 heavy (non-hydrogen) atoms. The minimum absolute atomic E-state index is 0.0212. The summed E-state index contributed by atoms with van der Waals surface area (Å²) >= 11 is 0. The summed E-state index contributed by atoms with van der Waals surface area (Å²) in [5.74, 6) is 1.22. The summed E-state index contributed by atoms with van der Waals surface area (Å²) in [6.45, 7) is 9.79. The van der Waals surface area contributed by atoms with Crippen LogP contribution in [0.3, 0.4) is 0 Å². The fourth-order valence-electron chi connectivity index (χ4n) is 4.41. The summed E-state index contributed by atoms with van der Waals surface area (Å²) in [7, 11) is 1.73. The molecular weight excluding hydrogens is 356 g/mol. The SMILES string of the molecule is CCn1c([C@H]2CCCN(Cc3cc(C)n(-n4cnnc4)c3C)C2)nn(C)c1=O. The fraction of sp³-hybridized carbons (Fsp3) is 0.579. The van der Waals surface area contributed by atoms with Crippen LogP contribution in [0.15, 0.2) is 23.5 Å². The third-order valence-electron chi connectivity index (χ3n) is 5.75. The van der Waals surface area contributed by atoms with Gasteiger partial charge in [0.1, 0.15) is 18.5 Å². The highest BCUT2D eigenvalue weighted by Gasteiger charge is 2.27. The molecule has 150 valence electrons. The Morgan fingerprint density at radius 1 is 1.21 bits per heavy atom. The third-order valence-corrected chi connectivity index (χ3v) is 5.75. The van der Waals surface area contributed by atoms with Crippen LogP contribution in [0, 0.1) is 13.8 Å². The highest BCUT2D eigenvalue weighted by Crippen LogP contribution is 2.27. The quantitative estimate of drug-likeness (QED) is 0.663. The van der Waals surface area contributed by atoms with E-state index in [2.05, 4.69) is 44.8 Å². The molecule has 1 aliphatic rings. The van der Waals surface area contributed by atoms with E-state index in [0.29, 0.717) is 12.5 Å². The van der Waals surface area contributed by atoms with E-state index >= 15 is 0 Å². The first-order valence-electron chi connectivity index (χ1n) is 9.88. The summed E-state index contributed by atoms with van der Waals surface area (Å²) in [6.07, 6.45) is 5.62. The Bertz CT molecular complexity index is 1010. The van der Waals surface area contributed by atoms with Crippen molar-refractivity contribution in [2.75, 3.05) is 13.1 Å². The maximum absolute atomic E-state index is 12.3. The molecule has 0 amide bonds. The first-order chi connectivity index (χ1) is 13.5. The summed E-state index contributed by atoms with van der Waals surface area (Å²) in [5, 5.41) is 12.4. The van der Waals surface area contributed by atoms with Crippen molar-refractivity contribution in [3.8, 4) is 0 Å². The topological polar surface area (TPSA) is 78.7 Å². The number of rotatable bonds is 5. The van der Waals surface area contributed by atoms with E-state index in [1.165, 1.54) is 15.9 Å². The Morgan fingerprint density at radius 2 is 1.96 bits per heavy atom. The average molecular weight is 384 g/mol. The van der Waals surface area contributed by atoms with Gasteiger partial charge < -0.3 is 0 Å². The van der Waals surface area contributed by atoms with E-state index in [1.54, 1.807) is 19.7 Å². The molecule has 1 fully saturated rings.